The summed E-state index contributed by atoms with van der Waals surface area (Å²) in [6, 6.07) is 23.4. The van der Waals surface area contributed by atoms with Gasteiger partial charge in [0.1, 0.15) is 19.3 Å². The maximum absolute atomic E-state index is 13.0. The smallest absolute Gasteiger partial charge is 0.407 e. The van der Waals surface area contributed by atoms with E-state index in [0.29, 0.717) is 0 Å². The van der Waals surface area contributed by atoms with Crippen molar-refractivity contribution in [3.8, 4) is 11.1 Å². The van der Waals surface area contributed by atoms with Crippen molar-refractivity contribution in [2.45, 2.75) is 43.9 Å². The fraction of sp³-hybridized carbons (Fsp3) is 0.290. The molecule has 3 N–H and O–H groups in total. The van der Waals surface area contributed by atoms with Crippen LogP contribution in [-0.2, 0) is 30.5 Å². The second-order valence-electron chi connectivity index (χ2n) is 10.1. The molecular weight excluding hydrogens is 512 g/mol. The number of esters is 1. The number of carboxylic acids is 1. The van der Waals surface area contributed by atoms with Crippen LogP contribution in [0.4, 0.5) is 4.79 Å². The van der Waals surface area contributed by atoms with Crippen molar-refractivity contribution in [3.63, 3.8) is 0 Å². The quantitative estimate of drug-likeness (QED) is 0.330. The van der Waals surface area contributed by atoms with Crippen molar-refractivity contribution in [3.05, 3.63) is 95.6 Å². The maximum atomic E-state index is 13.0. The van der Waals surface area contributed by atoms with Crippen LogP contribution in [0.15, 0.2) is 78.9 Å². The minimum Gasteiger partial charge on any atom is -0.481 e. The Bertz CT molecular complexity index is 1360. The number of aliphatic carboxylic acids is 1. The van der Waals surface area contributed by atoms with Gasteiger partial charge in [-0.2, -0.15) is 0 Å². The molecule has 0 spiro atoms. The van der Waals surface area contributed by atoms with Crippen molar-refractivity contribution < 1.29 is 33.8 Å². The van der Waals surface area contributed by atoms with Crippen LogP contribution in [0.1, 0.15) is 41.9 Å². The molecule has 0 radical (unpaired) electrons. The zero-order chi connectivity index (χ0) is 28.1. The van der Waals surface area contributed by atoms with Gasteiger partial charge >= 0.3 is 18.0 Å². The van der Waals surface area contributed by atoms with E-state index in [2.05, 4.69) is 10.6 Å². The van der Waals surface area contributed by atoms with Crippen LogP contribution < -0.4 is 10.6 Å². The Morgan fingerprint density at radius 2 is 1.43 bits per heavy atom. The number of carbonyl (C=O) groups is 4. The zero-order valence-electron chi connectivity index (χ0n) is 21.7. The molecule has 206 valence electrons. The third-order valence-electron chi connectivity index (χ3n) is 7.40. The highest BCUT2D eigenvalue weighted by atomic mass is 16.5. The monoisotopic (exact) mass is 542 g/mol. The summed E-state index contributed by atoms with van der Waals surface area (Å²) in [5.74, 6) is -2.86. The number of carboxylic acid groups (broad SMARTS) is 1. The van der Waals surface area contributed by atoms with Gasteiger partial charge in [-0.05, 0) is 40.7 Å². The van der Waals surface area contributed by atoms with E-state index in [9.17, 15) is 19.2 Å². The number of amides is 2. The van der Waals surface area contributed by atoms with Crippen LogP contribution in [0.5, 0.6) is 0 Å². The minimum absolute atomic E-state index is 0.0296. The first-order valence-corrected chi connectivity index (χ1v) is 13.2. The van der Waals surface area contributed by atoms with E-state index in [1.807, 2.05) is 78.9 Å². The Morgan fingerprint density at radius 3 is 2.05 bits per heavy atom. The van der Waals surface area contributed by atoms with Gasteiger partial charge in [0.2, 0.25) is 5.91 Å². The van der Waals surface area contributed by atoms with E-state index in [1.54, 1.807) is 0 Å². The van der Waals surface area contributed by atoms with Gasteiger partial charge in [0, 0.05) is 12.0 Å². The molecule has 0 aromatic heterocycles. The zero-order valence-corrected chi connectivity index (χ0v) is 21.7. The van der Waals surface area contributed by atoms with Gasteiger partial charge in [0.25, 0.3) is 0 Å². The third kappa shape index (κ3) is 6.14. The molecule has 2 aliphatic rings. The summed E-state index contributed by atoms with van der Waals surface area (Å²) < 4.78 is 10.9. The number of carbonyl (C=O) groups excluding carboxylic acids is 3. The molecule has 0 bridgehead atoms. The molecule has 0 heterocycles. The molecule has 40 heavy (non-hydrogen) atoms. The number of rotatable bonds is 10. The number of fused-ring (bicyclic) bond motifs is 3. The Hall–Kier alpha value is -4.66. The van der Waals surface area contributed by atoms with Crippen LogP contribution in [0.25, 0.3) is 11.1 Å². The largest absolute Gasteiger partial charge is 0.481 e. The predicted molar refractivity (Wildman–Crippen MR) is 145 cm³/mol. The summed E-state index contributed by atoms with van der Waals surface area (Å²) >= 11 is 0. The predicted octanol–water partition coefficient (Wildman–Crippen LogP) is 4.01. The number of hydrogen-bond acceptors (Lipinski definition) is 6. The lowest BCUT2D eigenvalue weighted by Gasteiger charge is -2.33. The van der Waals surface area contributed by atoms with Gasteiger partial charge in [0.15, 0.2) is 0 Å². The van der Waals surface area contributed by atoms with E-state index in [4.69, 9.17) is 14.6 Å². The molecule has 1 atom stereocenters. The van der Waals surface area contributed by atoms with Gasteiger partial charge < -0.3 is 25.2 Å². The van der Waals surface area contributed by atoms with Gasteiger partial charge in [-0.3, -0.25) is 14.4 Å². The van der Waals surface area contributed by atoms with E-state index in [0.717, 1.165) is 27.8 Å². The van der Waals surface area contributed by atoms with E-state index in [-0.39, 0.29) is 38.0 Å². The van der Waals surface area contributed by atoms with E-state index < -0.39 is 42.3 Å². The number of nitrogens with one attached hydrogen (secondary N) is 2. The summed E-state index contributed by atoms with van der Waals surface area (Å²) in [5.41, 5.74) is 5.06. The molecule has 5 rings (SSSR count). The molecule has 0 unspecified atom stereocenters. The van der Waals surface area contributed by atoms with Gasteiger partial charge in [-0.15, -0.1) is 0 Å². The normalized spacial score (nSPS) is 17.9. The van der Waals surface area contributed by atoms with Crippen molar-refractivity contribution in [2.24, 2.45) is 5.92 Å². The van der Waals surface area contributed by atoms with Crippen LogP contribution in [0, 0.1) is 5.92 Å². The topological polar surface area (TPSA) is 131 Å². The van der Waals surface area contributed by atoms with Crippen LogP contribution in [0.2, 0.25) is 0 Å². The van der Waals surface area contributed by atoms with Gasteiger partial charge in [-0.25, -0.2) is 4.79 Å². The molecule has 9 nitrogen and oxygen atoms in total. The lowest BCUT2D eigenvalue weighted by Crippen LogP contribution is -2.54. The number of alkyl carbamates (subject to hydrolysis) is 1. The van der Waals surface area contributed by atoms with Crippen molar-refractivity contribution >= 4 is 23.9 Å². The highest BCUT2D eigenvalue weighted by Crippen LogP contribution is 2.44. The molecule has 1 saturated carbocycles. The standard InChI is InChI=1S/C31H30N2O7/c34-28(39-17-19-8-2-1-3-9-19)16-27(29(35)32-21-14-20(15-21)30(36)37)33-31(38)40-18-26-24-12-6-4-10-22(24)23-11-5-7-13-25(23)26/h1-13,20-21,26-27H,14-18H2,(H,32,35)(H,33,38)(H,36,37)/t20?,21?,27-/m0/s1. The molecule has 1 fully saturated rings. The van der Waals surface area contributed by atoms with E-state index in [1.165, 1.54) is 0 Å². The fourth-order valence-corrected chi connectivity index (χ4v) is 5.19. The molecule has 3 aromatic carbocycles. The average molecular weight is 543 g/mol. The summed E-state index contributed by atoms with van der Waals surface area (Å²) in [6.07, 6.45) is -0.665. The second kappa shape index (κ2) is 12.0. The Kier molecular flexibility index (Phi) is 8.10. The Balaban J connectivity index is 1.21. The first-order chi connectivity index (χ1) is 19.4. The van der Waals surface area contributed by atoms with Crippen molar-refractivity contribution in [1.29, 1.82) is 0 Å². The molecule has 2 aliphatic carbocycles. The average Bonchev–Trinajstić information content (AvgIpc) is 3.26. The van der Waals surface area contributed by atoms with Gasteiger partial charge in [0.05, 0.1) is 12.3 Å². The maximum Gasteiger partial charge on any atom is 0.407 e. The van der Waals surface area contributed by atoms with Crippen molar-refractivity contribution in [2.75, 3.05) is 6.61 Å². The lowest BCUT2D eigenvalue weighted by atomic mass is 9.80. The van der Waals surface area contributed by atoms with Crippen LogP contribution >= 0.6 is 0 Å². The second-order valence-corrected chi connectivity index (χ2v) is 10.1. The minimum atomic E-state index is -1.25. The number of benzene rings is 3. The highest BCUT2D eigenvalue weighted by Gasteiger charge is 2.37. The summed E-state index contributed by atoms with van der Waals surface area (Å²) in [6.45, 7) is 0.0808. The first kappa shape index (κ1) is 26.9. The summed E-state index contributed by atoms with van der Waals surface area (Å²) in [4.78, 5) is 49.6. The van der Waals surface area contributed by atoms with Gasteiger partial charge in [-0.1, -0.05) is 78.9 Å². The molecule has 3 aromatic rings. The van der Waals surface area contributed by atoms with E-state index >= 15 is 0 Å². The molecule has 0 saturated heterocycles. The first-order valence-electron chi connectivity index (χ1n) is 13.2. The SMILES string of the molecule is O=C(C[C@H](NC(=O)OCC1c2ccccc2-c2ccccc21)C(=O)NC1CC(C(=O)O)C1)OCc1ccccc1. The summed E-state index contributed by atoms with van der Waals surface area (Å²) in [7, 11) is 0. The van der Waals surface area contributed by atoms with Crippen molar-refractivity contribution in [1.82, 2.24) is 10.6 Å². The lowest BCUT2D eigenvalue weighted by molar-refractivity contribution is -0.147. The fourth-order valence-electron chi connectivity index (χ4n) is 5.19. The number of ether oxygens (including phenoxy) is 2. The molecule has 9 heteroatoms. The molecule has 0 aliphatic heterocycles. The molecule has 2 amide bonds. The molecular formula is C31H30N2O7. The highest BCUT2D eigenvalue weighted by molar-refractivity contribution is 5.90. The van der Waals surface area contributed by atoms with Crippen LogP contribution in [0.3, 0.4) is 0 Å². The summed E-state index contributed by atoms with van der Waals surface area (Å²) in [5, 5.41) is 14.4. The number of hydrogen-bond donors (Lipinski definition) is 3. The Labute approximate surface area is 231 Å². The van der Waals surface area contributed by atoms with Crippen LogP contribution in [-0.4, -0.2) is 47.7 Å². The Morgan fingerprint density at radius 1 is 0.825 bits per heavy atom. The third-order valence-corrected chi connectivity index (χ3v) is 7.40.